The Hall–Kier alpha value is -3.22. The first-order chi connectivity index (χ1) is 12.4. The maximum absolute atomic E-state index is 14.4. The lowest BCUT2D eigenvalue weighted by Crippen LogP contribution is -2.16. The molecule has 0 saturated carbocycles. The lowest BCUT2D eigenvalue weighted by Gasteiger charge is -2.24. The molecule has 1 heterocycles. The molecule has 0 saturated heterocycles. The zero-order chi connectivity index (χ0) is 18.6. The summed E-state index contributed by atoms with van der Waals surface area (Å²) < 4.78 is 29.0. The van der Waals surface area contributed by atoms with Crippen molar-refractivity contribution >= 4 is 11.6 Å². The molecule has 7 heteroatoms. The Bertz CT molecular complexity index is 1060. The Balaban J connectivity index is 2.07. The van der Waals surface area contributed by atoms with E-state index in [0.29, 0.717) is 23.4 Å². The Labute approximate surface area is 148 Å². The Morgan fingerprint density at radius 2 is 2.00 bits per heavy atom. The highest BCUT2D eigenvalue weighted by Crippen LogP contribution is 2.42. The summed E-state index contributed by atoms with van der Waals surface area (Å²) in [7, 11) is 0. The molecule has 1 aliphatic rings. The van der Waals surface area contributed by atoms with E-state index >= 15 is 0 Å². The monoisotopic (exact) mass is 354 g/mol. The van der Waals surface area contributed by atoms with Gasteiger partial charge in [0.15, 0.2) is 11.5 Å². The minimum Gasteiger partial charge on any atom is -0.399 e. The number of hydrogen-bond acceptors (Lipinski definition) is 3. The molecule has 3 aromatic rings. The summed E-state index contributed by atoms with van der Waals surface area (Å²) in [5.74, 6) is -2.05. The molecule has 0 radical (unpaired) electrons. The van der Waals surface area contributed by atoms with Crippen molar-refractivity contribution in [2.45, 2.75) is 19.3 Å². The third kappa shape index (κ3) is 2.35. The van der Waals surface area contributed by atoms with E-state index in [1.165, 1.54) is 10.7 Å². The molecule has 132 valence electrons. The predicted molar refractivity (Wildman–Crippen MR) is 94.0 cm³/mol. The Morgan fingerprint density at radius 3 is 2.69 bits per heavy atom. The molecule has 1 unspecified atom stereocenters. The quantitative estimate of drug-likeness (QED) is 0.693. The number of carbonyl (C=O) groups excluding carboxylic acids is 1. The number of nitrogens with two attached hydrogens (primary N) is 2. The molecule has 0 aliphatic heterocycles. The first-order valence-corrected chi connectivity index (χ1v) is 8.13. The fraction of sp³-hybridized carbons (Fsp3) is 0.158. The third-order valence-corrected chi connectivity index (χ3v) is 4.73. The SMILES string of the molecule is CC1Cc2c(C(N)=O)nn(-c3ccc(F)cc3F)c2-c2cc(N)ccc21. The molecule has 2 aromatic carbocycles. The summed E-state index contributed by atoms with van der Waals surface area (Å²) in [4.78, 5) is 11.9. The summed E-state index contributed by atoms with van der Waals surface area (Å²) in [6.07, 6.45) is 0.535. The van der Waals surface area contributed by atoms with Crippen LogP contribution in [-0.4, -0.2) is 15.7 Å². The van der Waals surface area contributed by atoms with Gasteiger partial charge in [-0.15, -0.1) is 0 Å². The molecule has 4 rings (SSSR count). The number of aromatic nitrogens is 2. The normalized spacial score (nSPS) is 15.4. The second kappa shape index (κ2) is 5.66. The van der Waals surface area contributed by atoms with Gasteiger partial charge >= 0.3 is 0 Å². The van der Waals surface area contributed by atoms with Gasteiger partial charge in [0.1, 0.15) is 11.5 Å². The van der Waals surface area contributed by atoms with E-state index in [4.69, 9.17) is 11.5 Å². The number of benzene rings is 2. The van der Waals surface area contributed by atoms with Gasteiger partial charge in [0.25, 0.3) is 5.91 Å². The van der Waals surface area contributed by atoms with Crippen LogP contribution in [0.4, 0.5) is 14.5 Å². The molecular weight excluding hydrogens is 338 g/mol. The zero-order valence-corrected chi connectivity index (χ0v) is 14.0. The first kappa shape index (κ1) is 16.3. The molecular formula is C19H16F2N4O. The fourth-order valence-electron chi connectivity index (χ4n) is 3.57. The highest BCUT2D eigenvalue weighted by Gasteiger charge is 2.32. The average molecular weight is 354 g/mol. The number of nitrogens with zero attached hydrogens (tertiary/aromatic N) is 2. The molecule has 0 spiro atoms. The first-order valence-electron chi connectivity index (χ1n) is 8.13. The molecule has 5 nitrogen and oxygen atoms in total. The van der Waals surface area contributed by atoms with Crippen LogP contribution in [0.5, 0.6) is 0 Å². The van der Waals surface area contributed by atoms with Crippen molar-refractivity contribution in [3.8, 4) is 16.9 Å². The minimum atomic E-state index is -0.782. The van der Waals surface area contributed by atoms with Gasteiger partial charge in [0.05, 0.1) is 5.69 Å². The van der Waals surface area contributed by atoms with E-state index in [0.717, 1.165) is 23.3 Å². The van der Waals surface area contributed by atoms with Crippen LogP contribution in [0.2, 0.25) is 0 Å². The van der Waals surface area contributed by atoms with Gasteiger partial charge in [-0.25, -0.2) is 13.5 Å². The number of nitrogen functional groups attached to an aromatic ring is 1. The highest BCUT2D eigenvalue weighted by atomic mass is 19.1. The number of amides is 1. The maximum Gasteiger partial charge on any atom is 0.269 e. The van der Waals surface area contributed by atoms with Crippen LogP contribution in [0.1, 0.15) is 34.5 Å². The molecule has 4 N–H and O–H groups in total. The van der Waals surface area contributed by atoms with Gasteiger partial charge in [0.2, 0.25) is 0 Å². The van der Waals surface area contributed by atoms with Crippen molar-refractivity contribution in [3.63, 3.8) is 0 Å². The molecule has 26 heavy (non-hydrogen) atoms. The van der Waals surface area contributed by atoms with Crippen molar-refractivity contribution < 1.29 is 13.6 Å². The molecule has 1 aliphatic carbocycles. The van der Waals surface area contributed by atoms with E-state index in [-0.39, 0.29) is 17.3 Å². The summed E-state index contributed by atoms with van der Waals surface area (Å²) in [5, 5.41) is 4.25. The smallest absolute Gasteiger partial charge is 0.269 e. The van der Waals surface area contributed by atoms with E-state index < -0.39 is 17.5 Å². The second-order valence-electron chi connectivity index (χ2n) is 6.50. The molecule has 1 atom stereocenters. The topological polar surface area (TPSA) is 86.9 Å². The van der Waals surface area contributed by atoms with Crippen molar-refractivity contribution in [2.24, 2.45) is 5.73 Å². The average Bonchev–Trinajstić information content (AvgIpc) is 2.94. The van der Waals surface area contributed by atoms with E-state index in [2.05, 4.69) is 5.10 Å². The van der Waals surface area contributed by atoms with Crippen molar-refractivity contribution in [2.75, 3.05) is 5.73 Å². The lowest BCUT2D eigenvalue weighted by atomic mass is 9.81. The van der Waals surface area contributed by atoms with Crippen LogP contribution in [0.25, 0.3) is 16.9 Å². The van der Waals surface area contributed by atoms with E-state index in [1.54, 1.807) is 12.1 Å². The van der Waals surface area contributed by atoms with Crippen LogP contribution >= 0.6 is 0 Å². The fourth-order valence-corrected chi connectivity index (χ4v) is 3.57. The van der Waals surface area contributed by atoms with Gasteiger partial charge < -0.3 is 11.5 Å². The van der Waals surface area contributed by atoms with Gasteiger partial charge in [-0.3, -0.25) is 4.79 Å². The lowest BCUT2D eigenvalue weighted by molar-refractivity contribution is 0.0994. The third-order valence-electron chi connectivity index (χ3n) is 4.73. The number of fused-ring (bicyclic) bond motifs is 3. The Morgan fingerprint density at radius 1 is 1.23 bits per heavy atom. The molecule has 0 fully saturated rings. The van der Waals surface area contributed by atoms with Crippen molar-refractivity contribution in [1.29, 1.82) is 0 Å². The molecule has 0 bridgehead atoms. The van der Waals surface area contributed by atoms with Gasteiger partial charge in [-0.2, -0.15) is 5.10 Å². The molecule has 1 amide bonds. The number of anilines is 1. The van der Waals surface area contributed by atoms with Crippen LogP contribution in [0, 0.1) is 11.6 Å². The maximum atomic E-state index is 14.4. The summed E-state index contributed by atoms with van der Waals surface area (Å²) in [5.41, 5.74) is 15.1. The Kier molecular flexibility index (Phi) is 3.54. The van der Waals surface area contributed by atoms with Crippen LogP contribution in [0.15, 0.2) is 36.4 Å². The summed E-state index contributed by atoms with van der Waals surface area (Å²) in [6.45, 7) is 2.03. The second-order valence-corrected chi connectivity index (χ2v) is 6.50. The summed E-state index contributed by atoms with van der Waals surface area (Å²) in [6, 6.07) is 8.69. The van der Waals surface area contributed by atoms with Gasteiger partial charge in [-0.05, 0) is 42.2 Å². The number of halogens is 2. The van der Waals surface area contributed by atoms with Crippen LogP contribution < -0.4 is 11.5 Å². The summed E-state index contributed by atoms with van der Waals surface area (Å²) >= 11 is 0. The van der Waals surface area contributed by atoms with Crippen LogP contribution in [-0.2, 0) is 6.42 Å². The predicted octanol–water partition coefficient (Wildman–Crippen LogP) is 3.16. The minimum absolute atomic E-state index is 0.0399. The van der Waals surface area contributed by atoms with Crippen molar-refractivity contribution in [1.82, 2.24) is 9.78 Å². The van der Waals surface area contributed by atoms with Crippen LogP contribution in [0.3, 0.4) is 0 Å². The van der Waals surface area contributed by atoms with E-state index in [1.807, 2.05) is 13.0 Å². The standard InChI is InChI=1S/C19H16F2N4O/c1-9-6-14-17(19(23)26)24-25(16-5-2-10(20)7-15(16)21)18(14)13-8-11(22)3-4-12(9)13/h2-5,7-9H,6,22H2,1H3,(H2,23,26). The number of hydrogen-bond donors (Lipinski definition) is 2. The number of carbonyl (C=O) groups is 1. The largest absolute Gasteiger partial charge is 0.399 e. The number of primary amides is 1. The zero-order valence-electron chi connectivity index (χ0n) is 14.0. The van der Waals surface area contributed by atoms with Crippen molar-refractivity contribution in [3.05, 3.63) is 64.9 Å². The van der Waals surface area contributed by atoms with E-state index in [9.17, 15) is 13.6 Å². The van der Waals surface area contributed by atoms with Gasteiger partial charge in [-0.1, -0.05) is 13.0 Å². The number of rotatable bonds is 2. The van der Waals surface area contributed by atoms with Gasteiger partial charge in [0, 0.05) is 22.9 Å². The highest BCUT2D eigenvalue weighted by molar-refractivity contribution is 5.95. The molecule has 1 aromatic heterocycles.